The zero-order chi connectivity index (χ0) is 16.2. The standard InChI is InChI=1S/C19H24O4/c1-19-7-6-14-13-5-3-12(21)8-11(13)2-4-15(14)16(19)9-17(18(19)22)23-10-20/h3,5,8,10,14-18,21-22H,2,4,6-7,9H2,1H3/t14-,15-,16+,17-,18+,19+/m1/s1. The van der Waals surface area contributed by atoms with Crippen molar-refractivity contribution in [1.29, 1.82) is 0 Å². The summed E-state index contributed by atoms with van der Waals surface area (Å²) >= 11 is 0. The maximum atomic E-state index is 10.7. The predicted molar refractivity (Wildman–Crippen MR) is 85.1 cm³/mol. The maximum absolute atomic E-state index is 10.7. The Hall–Kier alpha value is -1.55. The van der Waals surface area contributed by atoms with E-state index in [1.807, 2.05) is 6.07 Å². The average molecular weight is 316 g/mol. The smallest absolute Gasteiger partial charge is 0.293 e. The van der Waals surface area contributed by atoms with E-state index >= 15 is 0 Å². The molecule has 3 aliphatic carbocycles. The van der Waals surface area contributed by atoms with Gasteiger partial charge in [-0.05, 0) is 73.1 Å². The summed E-state index contributed by atoms with van der Waals surface area (Å²) in [5.41, 5.74) is 2.49. The molecule has 124 valence electrons. The summed E-state index contributed by atoms with van der Waals surface area (Å²) in [4.78, 5) is 10.7. The second-order valence-electron chi connectivity index (χ2n) is 7.79. The number of carbonyl (C=O) groups excluding carboxylic acids is 1. The Morgan fingerprint density at radius 1 is 1.35 bits per heavy atom. The van der Waals surface area contributed by atoms with Gasteiger partial charge in [-0.3, -0.25) is 4.79 Å². The number of carbonyl (C=O) groups is 1. The summed E-state index contributed by atoms with van der Waals surface area (Å²) in [7, 11) is 0. The number of phenols is 1. The normalized spacial score (nSPS) is 41.6. The van der Waals surface area contributed by atoms with Gasteiger partial charge >= 0.3 is 0 Å². The lowest BCUT2D eigenvalue weighted by Crippen LogP contribution is -2.45. The molecule has 0 bridgehead atoms. The maximum Gasteiger partial charge on any atom is 0.293 e. The van der Waals surface area contributed by atoms with Gasteiger partial charge in [0, 0.05) is 5.41 Å². The Balaban J connectivity index is 1.67. The molecule has 2 fully saturated rings. The van der Waals surface area contributed by atoms with Crippen LogP contribution in [0.2, 0.25) is 0 Å². The number of hydrogen-bond acceptors (Lipinski definition) is 4. The van der Waals surface area contributed by atoms with Crippen LogP contribution in [-0.4, -0.2) is 28.9 Å². The van der Waals surface area contributed by atoms with Gasteiger partial charge in [0.1, 0.15) is 11.9 Å². The molecule has 23 heavy (non-hydrogen) atoms. The number of aryl methyl sites for hydroxylation is 1. The van der Waals surface area contributed by atoms with Crippen molar-refractivity contribution in [2.24, 2.45) is 17.3 Å². The van der Waals surface area contributed by atoms with Crippen molar-refractivity contribution in [3.8, 4) is 5.75 Å². The molecule has 6 atom stereocenters. The first-order valence-electron chi connectivity index (χ1n) is 8.63. The van der Waals surface area contributed by atoms with Crippen molar-refractivity contribution in [2.75, 3.05) is 0 Å². The van der Waals surface area contributed by atoms with E-state index in [2.05, 4.69) is 13.0 Å². The molecule has 0 aliphatic heterocycles. The molecule has 0 unspecified atom stereocenters. The summed E-state index contributed by atoms with van der Waals surface area (Å²) in [6.07, 6.45) is 3.93. The monoisotopic (exact) mass is 316 g/mol. The third kappa shape index (κ3) is 2.11. The fourth-order valence-electron chi connectivity index (χ4n) is 5.73. The second-order valence-corrected chi connectivity index (χ2v) is 7.79. The van der Waals surface area contributed by atoms with Crippen LogP contribution in [0.5, 0.6) is 5.75 Å². The molecule has 4 rings (SSSR count). The van der Waals surface area contributed by atoms with Crippen molar-refractivity contribution in [2.45, 2.75) is 57.2 Å². The number of hydrogen-bond donors (Lipinski definition) is 2. The van der Waals surface area contributed by atoms with E-state index in [4.69, 9.17) is 4.74 Å². The molecule has 4 nitrogen and oxygen atoms in total. The fourth-order valence-corrected chi connectivity index (χ4v) is 5.73. The number of phenolic OH excluding ortho intramolecular Hbond substituents is 1. The molecule has 1 aromatic rings. The first-order chi connectivity index (χ1) is 11.0. The lowest BCUT2D eigenvalue weighted by atomic mass is 9.55. The van der Waals surface area contributed by atoms with E-state index in [0.29, 0.717) is 30.0 Å². The van der Waals surface area contributed by atoms with Crippen LogP contribution >= 0.6 is 0 Å². The highest BCUT2D eigenvalue weighted by Crippen LogP contribution is 2.61. The van der Waals surface area contributed by atoms with Crippen molar-refractivity contribution in [3.63, 3.8) is 0 Å². The van der Waals surface area contributed by atoms with Crippen molar-refractivity contribution in [1.82, 2.24) is 0 Å². The van der Waals surface area contributed by atoms with Crippen LogP contribution in [0.1, 0.15) is 49.7 Å². The quantitative estimate of drug-likeness (QED) is 0.823. The Bertz CT molecular complexity index is 628. The van der Waals surface area contributed by atoms with Gasteiger partial charge in [-0.2, -0.15) is 0 Å². The van der Waals surface area contributed by atoms with E-state index in [-0.39, 0.29) is 11.5 Å². The zero-order valence-corrected chi connectivity index (χ0v) is 13.4. The van der Waals surface area contributed by atoms with Crippen LogP contribution in [0.3, 0.4) is 0 Å². The van der Waals surface area contributed by atoms with Gasteiger partial charge in [0.2, 0.25) is 0 Å². The molecule has 0 saturated heterocycles. The van der Waals surface area contributed by atoms with Gasteiger partial charge in [-0.1, -0.05) is 13.0 Å². The first kappa shape index (κ1) is 15.0. The van der Waals surface area contributed by atoms with Crippen molar-refractivity contribution >= 4 is 6.47 Å². The Morgan fingerprint density at radius 2 is 2.17 bits per heavy atom. The molecular formula is C19H24O4. The molecule has 2 saturated carbocycles. The summed E-state index contributed by atoms with van der Waals surface area (Å²) in [5, 5.41) is 20.4. The Labute approximate surface area is 136 Å². The molecule has 0 amide bonds. The van der Waals surface area contributed by atoms with Gasteiger partial charge < -0.3 is 14.9 Å². The van der Waals surface area contributed by atoms with Crippen LogP contribution in [0.15, 0.2) is 18.2 Å². The number of aliphatic hydroxyl groups excluding tert-OH is 1. The molecule has 2 N–H and O–H groups in total. The molecule has 0 spiro atoms. The molecule has 0 radical (unpaired) electrons. The number of ether oxygens (including phenoxy) is 1. The molecule has 1 aromatic carbocycles. The highest BCUT2D eigenvalue weighted by atomic mass is 16.5. The van der Waals surface area contributed by atoms with Crippen molar-refractivity contribution < 1.29 is 19.7 Å². The van der Waals surface area contributed by atoms with Gasteiger partial charge in [-0.15, -0.1) is 0 Å². The Morgan fingerprint density at radius 3 is 2.96 bits per heavy atom. The van der Waals surface area contributed by atoms with E-state index in [0.717, 1.165) is 32.1 Å². The van der Waals surface area contributed by atoms with Gasteiger partial charge in [0.05, 0.1) is 6.10 Å². The van der Waals surface area contributed by atoms with Crippen LogP contribution in [0.4, 0.5) is 0 Å². The topological polar surface area (TPSA) is 66.8 Å². The van der Waals surface area contributed by atoms with Crippen LogP contribution in [-0.2, 0) is 16.0 Å². The Kier molecular flexibility index (Phi) is 3.41. The minimum absolute atomic E-state index is 0.150. The highest BCUT2D eigenvalue weighted by Gasteiger charge is 2.58. The third-order valence-electron chi connectivity index (χ3n) is 6.89. The zero-order valence-electron chi connectivity index (χ0n) is 13.4. The summed E-state index contributed by atoms with van der Waals surface area (Å²) in [5.74, 6) is 1.77. The lowest BCUT2D eigenvalue weighted by Gasteiger charge is -2.49. The third-order valence-corrected chi connectivity index (χ3v) is 6.89. The molecule has 0 aromatic heterocycles. The highest BCUT2D eigenvalue weighted by molar-refractivity contribution is 5.41. The summed E-state index contributed by atoms with van der Waals surface area (Å²) < 4.78 is 5.17. The largest absolute Gasteiger partial charge is 0.508 e. The number of fused-ring (bicyclic) bond motifs is 5. The van der Waals surface area contributed by atoms with Gasteiger partial charge in [-0.25, -0.2) is 0 Å². The van der Waals surface area contributed by atoms with Crippen LogP contribution in [0.25, 0.3) is 0 Å². The van der Waals surface area contributed by atoms with Gasteiger partial charge in [0.25, 0.3) is 6.47 Å². The molecule has 3 aliphatic rings. The van der Waals surface area contributed by atoms with E-state index < -0.39 is 6.10 Å². The van der Waals surface area contributed by atoms with Crippen molar-refractivity contribution in [3.05, 3.63) is 29.3 Å². The first-order valence-corrected chi connectivity index (χ1v) is 8.63. The SMILES string of the molecule is C[C@]12CC[C@@H]3c4ccc(O)cc4CC[C@H]3[C@@H]1C[C@@H](OC=O)[C@@H]2O. The minimum Gasteiger partial charge on any atom is -0.508 e. The second kappa shape index (κ2) is 5.23. The summed E-state index contributed by atoms with van der Waals surface area (Å²) in [6, 6.07) is 5.77. The number of aromatic hydroxyl groups is 1. The van der Waals surface area contributed by atoms with E-state index in [1.54, 1.807) is 6.07 Å². The average Bonchev–Trinajstić information content (AvgIpc) is 2.79. The van der Waals surface area contributed by atoms with Crippen LogP contribution in [0, 0.1) is 17.3 Å². The van der Waals surface area contributed by atoms with Gasteiger partial charge in [0.15, 0.2) is 0 Å². The lowest BCUT2D eigenvalue weighted by molar-refractivity contribution is -0.140. The minimum atomic E-state index is -0.556. The number of benzene rings is 1. The fraction of sp³-hybridized carbons (Fsp3) is 0.632. The number of aliphatic hydroxyl groups is 1. The molecular weight excluding hydrogens is 292 g/mol. The summed E-state index contributed by atoms with van der Waals surface area (Å²) in [6.45, 7) is 2.64. The van der Waals surface area contributed by atoms with E-state index in [9.17, 15) is 15.0 Å². The predicted octanol–water partition coefficient (Wildman–Crippen LogP) is 2.76. The molecule has 0 heterocycles. The van der Waals surface area contributed by atoms with Crippen LogP contribution < -0.4 is 0 Å². The van der Waals surface area contributed by atoms with E-state index in [1.165, 1.54) is 11.1 Å². The molecule has 4 heteroatoms. The number of rotatable bonds is 2.